The molecule has 0 aromatic carbocycles. The fourth-order valence-corrected chi connectivity index (χ4v) is 2.03. The van der Waals surface area contributed by atoms with Gasteiger partial charge in [0.15, 0.2) is 0 Å². The smallest absolute Gasteiger partial charge is 0.416 e. The average Bonchev–Trinajstić information content (AvgIpc) is 2.45. The summed E-state index contributed by atoms with van der Waals surface area (Å²) in [5.74, 6) is 6.62. The standard InChI is InChI=1S/C18H20N2O2/c1-5-6-14(2)7-8-15-9-10-16(19-13-15)20-12-11-18(3,4)22-17(20)21/h5-6,9-10,13H,1,11-12H2,2-4H3. The number of carbonyl (C=O) groups is 1. The maximum atomic E-state index is 12.0. The summed E-state index contributed by atoms with van der Waals surface area (Å²) >= 11 is 0. The van der Waals surface area contributed by atoms with Crippen LogP contribution in [0.15, 0.2) is 42.6 Å². The summed E-state index contributed by atoms with van der Waals surface area (Å²) in [7, 11) is 0. The van der Waals surface area contributed by atoms with Gasteiger partial charge in [-0.15, -0.1) is 0 Å². The van der Waals surface area contributed by atoms with Crippen LogP contribution in [-0.2, 0) is 4.74 Å². The molecule has 0 N–H and O–H groups in total. The predicted molar refractivity (Wildman–Crippen MR) is 87.6 cm³/mol. The van der Waals surface area contributed by atoms with E-state index in [4.69, 9.17) is 4.74 Å². The molecule has 2 heterocycles. The maximum Gasteiger partial charge on any atom is 0.416 e. The van der Waals surface area contributed by atoms with Crippen LogP contribution in [0.5, 0.6) is 0 Å². The second kappa shape index (κ2) is 6.48. The summed E-state index contributed by atoms with van der Waals surface area (Å²) in [6.07, 6.45) is 5.63. The molecule has 0 atom stereocenters. The molecule has 1 saturated heterocycles. The average molecular weight is 296 g/mol. The highest BCUT2D eigenvalue weighted by Crippen LogP contribution is 2.25. The zero-order chi connectivity index (χ0) is 16.2. The molecule has 1 aromatic heterocycles. The molecule has 0 radical (unpaired) electrons. The van der Waals surface area contributed by atoms with Gasteiger partial charge in [-0.1, -0.05) is 30.6 Å². The lowest BCUT2D eigenvalue weighted by molar-refractivity contribution is 0.0234. The molecule has 0 bridgehead atoms. The number of rotatable bonds is 2. The van der Waals surface area contributed by atoms with E-state index in [1.54, 1.807) is 23.2 Å². The van der Waals surface area contributed by atoms with Gasteiger partial charge in [-0.25, -0.2) is 9.78 Å². The summed E-state index contributed by atoms with van der Waals surface area (Å²) in [6.45, 7) is 9.97. The first-order chi connectivity index (χ1) is 10.4. The summed E-state index contributed by atoms with van der Waals surface area (Å²) < 4.78 is 5.38. The van der Waals surface area contributed by atoms with Crippen molar-refractivity contribution in [1.82, 2.24) is 4.98 Å². The predicted octanol–water partition coefficient (Wildman–Crippen LogP) is 3.69. The number of carbonyl (C=O) groups excluding carboxylic acids is 1. The van der Waals surface area contributed by atoms with E-state index >= 15 is 0 Å². The molecule has 1 aliphatic heterocycles. The maximum absolute atomic E-state index is 12.0. The highest BCUT2D eigenvalue weighted by atomic mass is 16.6. The molecule has 4 heteroatoms. The lowest BCUT2D eigenvalue weighted by atomic mass is 10.0. The van der Waals surface area contributed by atoms with E-state index in [9.17, 15) is 4.79 Å². The largest absolute Gasteiger partial charge is 0.443 e. The monoisotopic (exact) mass is 296 g/mol. The normalized spacial score (nSPS) is 17.3. The van der Waals surface area contributed by atoms with E-state index in [0.717, 1.165) is 17.6 Å². The van der Waals surface area contributed by atoms with Crippen molar-refractivity contribution < 1.29 is 9.53 Å². The van der Waals surface area contributed by atoms with Crippen LogP contribution in [0.3, 0.4) is 0 Å². The van der Waals surface area contributed by atoms with Crippen molar-refractivity contribution in [2.75, 3.05) is 11.4 Å². The minimum atomic E-state index is -0.409. The Bertz CT molecular complexity index is 661. The van der Waals surface area contributed by atoms with Crippen molar-refractivity contribution in [2.24, 2.45) is 0 Å². The van der Waals surface area contributed by atoms with Crippen molar-refractivity contribution in [1.29, 1.82) is 0 Å². The molecule has 0 aliphatic carbocycles. The molecular weight excluding hydrogens is 276 g/mol. The van der Waals surface area contributed by atoms with Crippen LogP contribution in [0.25, 0.3) is 0 Å². The highest BCUT2D eigenvalue weighted by Gasteiger charge is 2.33. The van der Waals surface area contributed by atoms with Gasteiger partial charge in [0, 0.05) is 24.7 Å². The first-order valence-electron chi connectivity index (χ1n) is 7.19. The van der Waals surface area contributed by atoms with Crippen LogP contribution in [0, 0.1) is 11.8 Å². The topological polar surface area (TPSA) is 42.4 Å². The van der Waals surface area contributed by atoms with Crippen LogP contribution in [0.4, 0.5) is 10.6 Å². The quantitative estimate of drug-likeness (QED) is 0.617. The molecule has 1 aromatic rings. The highest BCUT2D eigenvalue weighted by molar-refractivity contribution is 5.87. The second-order valence-electron chi connectivity index (χ2n) is 5.77. The lowest BCUT2D eigenvalue weighted by Gasteiger charge is -2.35. The van der Waals surface area contributed by atoms with Crippen molar-refractivity contribution in [3.63, 3.8) is 0 Å². The van der Waals surface area contributed by atoms with Crippen molar-refractivity contribution in [3.8, 4) is 11.8 Å². The number of allylic oxidation sites excluding steroid dienone is 3. The number of amides is 1. The third-order valence-electron chi connectivity index (χ3n) is 3.32. The van der Waals surface area contributed by atoms with Gasteiger partial charge in [0.05, 0.1) is 0 Å². The Morgan fingerprint density at radius 1 is 1.50 bits per heavy atom. The van der Waals surface area contributed by atoms with Crippen LogP contribution in [0.1, 0.15) is 32.8 Å². The number of cyclic esters (lactones) is 1. The van der Waals surface area contributed by atoms with Crippen LogP contribution in [-0.4, -0.2) is 23.2 Å². The van der Waals surface area contributed by atoms with Gasteiger partial charge >= 0.3 is 6.09 Å². The van der Waals surface area contributed by atoms with E-state index in [1.807, 2.05) is 32.9 Å². The van der Waals surface area contributed by atoms with Gasteiger partial charge in [-0.05, 0) is 38.5 Å². The molecule has 1 amide bonds. The van der Waals surface area contributed by atoms with E-state index < -0.39 is 5.60 Å². The minimum absolute atomic E-state index is 0.354. The number of nitrogens with zero attached hydrogens (tertiary/aromatic N) is 2. The van der Waals surface area contributed by atoms with Crippen LogP contribution < -0.4 is 4.90 Å². The SMILES string of the molecule is C=CC=C(C)C#Cc1ccc(N2CCC(C)(C)OC2=O)nc1. The zero-order valence-electron chi connectivity index (χ0n) is 13.2. The van der Waals surface area contributed by atoms with Crippen molar-refractivity contribution in [3.05, 3.63) is 48.2 Å². The molecule has 1 aliphatic rings. The number of hydrogen-bond donors (Lipinski definition) is 0. The van der Waals surface area contributed by atoms with Gasteiger partial charge in [0.2, 0.25) is 0 Å². The molecule has 0 spiro atoms. The fourth-order valence-electron chi connectivity index (χ4n) is 2.03. The summed E-state index contributed by atoms with van der Waals surface area (Å²) in [5.41, 5.74) is 1.32. The van der Waals surface area contributed by atoms with E-state index in [1.165, 1.54) is 0 Å². The Hall–Kier alpha value is -2.54. The minimum Gasteiger partial charge on any atom is -0.443 e. The lowest BCUT2D eigenvalue weighted by Crippen LogP contribution is -2.47. The molecule has 2 rings (SSSR count). The molecule has 0 unspecified atom stereocenters. The Morgan fingerprint density at radius 3 is 2.86 bits per heavy atom. The third kappa shape index (κ3) is 3.98. The third-order valence-corrected chi connectivity index (χ3v) is 3.32. The Morgan fingerprint density at radius 2 is 2.27 bits per heavy atom. The molecular formula is C18H20N2O2. The summed E-state index contributed by atoms with van der Waals surface area (Å²) in [4.78, 5) is 17.9. The van der Waals surface area contributed by atoms with Crippen LogP contribution in [0.2, 0.25) is 0 Å². The number of ether oxygens (including phenoxy) is 1. The van der Waals surface area contributed by atoms with Gasteiger partial charge in [-0.3, -0.25) is 4.90 Å². The summed E-state index contributed by atoms with van der Waals surface area (Å²) in [5, 5.41) is 0. The van der Waals surface area contributed by atoms with Gasteiger partial charge < -0.3 is 4.74 Å². The molecule has 4 nitrogen and oxygen atoms in total. The van der Waals surface area contributed by atoms with E-state index in [0.29, 0.717) is 12.4 Å². The number of anilines is 1. The number of hydrogen-bond acceptors (Lipinski definition) is 3. The molecule has 114 valence electrons. The fraction of sp³-hybridized carbons (Fsp3) is 0.333. The number of aromatic nitrogens is 1. The molecule has 22 heavy (non-hydrogen) atoms. The first kappa shape index (κ1) is 15.8. The first-order valence-corrected chi connectivity index (χ1v) is 7.19. The number of pyridine rings is 1. The Kier molecular flexibility index (Phi) is 4.67. The van der Waals surface area contributed by atoms with Crippen molar-refractivity contribution in [2.45, 2.75) is 32.8 Å². The van der Waals surface area contributed by atoms with Crippen LogP contribution >= 0.6 is 0 Å². The van der Waals surface area contributed by atoms with Gasteiger partial charge in [0.25, 0.3) is 0 Å². The molecule has 0 saturated carbocycles. The second-order valence-corrected chi connectivity index (χ2v) is 5.77. The molecule has 1 fully saturated rings. The van der Waals surface area contributed by atoms with Crippen molar-refractivity contribution >= 4 is 11.9 Å². The van der Waals surface area contributed by atoms with Gasteiger partial charge in [-0.2, -0.15) is 0 Å². The van der Waals surface area contributed by atoms with E-state index in [2.05, 4.69) is 23.4 Å². The van der Waals surface area contributed by atoms with Gasteiger partial charge in [0.1, 0.15) is 11.4 Å². The Labute approximate surface area is 131 Å². The summed E-state index contributed by atoms with van der Waals surface area (Å²) in [6, 6.07) is 3.64. The zero-order valence-corrected chi connectivity index (χ0v) is 13.2. The Balaban J connectivity index is 2.11. The van der Waals surface area contributed by atoms with E-state index in [-0.39, 0.29) is 6.09 Å².